The smallest absolute Gasteiger partial charge is 0.340 e. The van der Waals surface area contributed by atoms with Crippen LogP contribution >= 0.6 is 23.2 Å². The summed E-state index contributed by atoms with van der Waals surface area (Å²) in [7, 11) is 0. The van der Waals surface area contributed by atoms with E-state index < -0.39 is 18.5 Å². The van der Waals surface area contributed by atoms with Crippen molar-refractivity contribution < 1.29 is 14.3 Å². The second-order valence-electron chi connectivity index (χ2n) is 6.74. The molecule has 0 radical (unpaired) electrons. The number of anilines is 1. The van der Waals surface area contributed by atoms with Crippen molar-refractivity contribution in [3.63, 3.8) is 0 Å². The highest BCUT2D eigenvalue weighted by atomic mass is 35.5. The summed E-state index contributed by atoms with van der Waals surface area (Å²) in [5.74, 6) is -0.628. The van der Waals surface area contributed by atoms with Crippen LogP contribution in [-0.2, 0) is 9.53 Å². The fourth-order valence-electron chi connectivity index (χ4n) is 2.62. The number of rotatable bonds is 6. The Morgan fingerprint density at radius 3 is 2.22 bits per heavy atom. The van der Waals surface area contributed by atoms with Gasteiger partial charge in [0.1, 0.15) is 5.15 Å². The molecule has 0 aliphatic carbocycles. The van der Waals surface area contributed by atoms with E-state index in [-0.39, 0.29) is 27.6 Å². The molecular weight excluding hydrogens is 387 g/mol. The molecule has 0 atom stereocenters. The number of nitrogens with zero attached hydrogens (tertiary/aromatic N) is 1. The molecule has 1 aromatic heterocycles. The second kappa shape index (κ2) is 9.20. The van der Waals surface area contributed by atoms with Crippen molar-refractivity contribution in [2.45, 2.75) is 39.5 Å². The van der Waals surface area contributed by atoms with Crippen molar-refractivity contribution in [2.24, 2.45) is 0 Å². The minimum Gasteiger partial charge on any atom is -0.452 e. The van der Waals surface area contributed by atoms with Gasteiger partial charge in [-0.15, -0.1) is 0 Å². The minimum atomic E-state index is -0.697. The highest BCUT2D eigenvalue weighted by Gasteiger charge is 2.17. The third kappa shape index (κ3) is 5.44. The quantitative estimate of drug-likeness (QED) is 0.510. The average Bonchev–Trinajstić information content (AvgIpc) is 2.61. The van der Waals surface area contributed by atoms with Crippen molar-refractivity contribution in [3.05, 3.63) is 57.3 Å². The normalized spacial score (nSPS) is 11.0. The lowest BCUT2D eigenvalue weighted by Gasteiger charge is -2.20. The molecule has 1 amide bonds. The molecule has 0 aliphatic heterocycles. The van der Waals surface area contributed by atoms with Gasteiger partial charge in [0.2, 0.25) is 0 Å². The largest absolute Gasteiger partial charge is 0.452 e. The topological polar surface area (TPSA) is 68.3 Å². The lowest BCUT2D eigenvalue weighted by molar-refractivity contribution is -0.119. The molecule has 2 rings (SSSR count). The van der Waals surface area contributed by atoms with Crippen molar-refractivity contribution in [3.8, 4) is 0 Å². The SMILES string of the molecule is CC(C)c1cccc(C(C)C)c1NC(=O)COC(=O)c1cnc(Cl)c(Cl)c1. The van der Waals surface area contributed by atoms with Crippen LogP contribution in [0, 0.1) is 0 Å². The summed E-state index contributed by atoms with van der Waals surface area (Å²) >= 11 is 11.6. The molecule has 0 unspecified atom stereocenters. The van der Waals surface area contributed by atoms with Gasteiger partial charge in [-0.3, -0.25) is 4.79 Å². The number of para-hydroxylation sites is 1. The molecule has 0 fully saturated rings. The zero-order chi connectivity index (χ0) is 20.1. The maximum atomic E-state index is 12.4. The number of amides is 1. The van der Waals surface area contributed by atoms with Crippen LogP contribution in [-0.4, -0.2) is 23.5 Å². The van der Waals surface area contributed by atoms with E-state index >= 15 is 0 Å². The van der Waals surface area contributed by atoms with Crippen LogP contribution in [0.15, 0.2) is 30.5 Å². The second-order valence-corrected chi connectivity index (χ2v) is 7.51. The monoisotopic (exact) mass is 408 g/mol. The number of hydrogen-bond donors (Lipinski definition) is 1. The van der Waals surface area contributed by atoms with Gasteiger partial charge in [0.25, 0.3) is 5.91 Å². The molecule has 1 heterocycles. The molecule has 0 saturated carbocycles. The molecule has 0 saturated heterocycles. The third-order valence-electron chi connectivity index (χ3n) is 4.00. The van der Waals surface area contributed by atoms with Crippen LogP contribution in [0.5, 0.6) is 0 Å². The summed E-state index contributed by atoms with van der Waals surface area (Å²) in [5.41, 5.74) is 2.98. The zero-order valence-electron chi connectivity index (χ0n) is 15.7. The number of benzene rings is 1. The lowest BCUT2D eigenvalue weighted by atomic mass is 9.92. The van der Waals surface area contributed by atoms with Crippen LogP contribution in [0.1, 0.15) is 61.0 Å². The van der Waals surface area contributed by atoms with Crippen LogP contribution in [0.3, 0.4) is 0 Å². The average molecular weight is 409 g/mol. The zero-order valence-corrected chi connectivity index (χ0v) is 17.2. The third-order valence-corrected chi connectivity index (χ3v) is 4.69. The van der Waals surface area contributed by atoms with Gasteiger partial charge in [-0.25, -0.2) is 9.78 Å². The number of ether oxygens (including phenoxy) is 1. The van der Waals surface area contributed by atoms with Gasteiger partial charge in [-0.2, -0.15) is 0 Å². The molecule has 0 aliphatic rings. The van der Waals surface area contributed by atoms with E-state index in [9.17, 15) is 9.59 Å². The molecule has 1 N–H and O–H groups in total. The van der Waals surface area contributed by atoms with E-state index in [1.54, 1.807) is 0 Å². The predicted octanol–water partition coefficient (Wildman–Crippen LogP) is 5.43. The van der Waals surface area contributed by atoms with Crippen molar-refractivity contribution in [1.29, 1.82) is 0 Å². The first-order valence-corrected chi connectivity index (χ1v) is 9.37. The molecule has 5 nitrogen and oxygen atoms in total. The highest BCUT2D eigenvalue weighted by molar-refractivity contribution is 6.41. The van der Waals surface area contributed by atoms with E-state index in [2.05, 4.69) is 38.0 Å². The van der Waals surface area contributed by atoms with Gasteiger partial charge in [-0.05, 0) is 29.0 Å². The van der Waals surface area contributed by atoms with Crippen molar-refractivity contribution in [2.75, 3.05) is 11.9 Å². The first kappa shape index (κ1) is 21.2. The summed E-state index contributed by atoms with van der Waals surface area (Å²) in [4.78, 5) is 28.2. The van der Waals surface area contributed by atoms with E-state index in [1.807, 2.05) is 18.2 Å². The predicted molar refractivity (Wildman–Crippen MR) is 108 cm³/mol. The van der Waals surface area contributed by atoms with Gasteiger partial charge in [0.15, 0.2) is 6.61 Å². The van der Waals surface area contributed by atoms with Crippen LogP contribution in [0.4, 0.5) is 5.69 Å². The van der Waals surface area contributed by atoms with E-state index in [0.29, 0.717) is 0 Å². The Kier molecular flexibility index (Phi) is 7.22. The van der Waals surface area contributed by atoms with Gasteiger partial charge in [-0.1, -0.05) is 69.1 Å². The lowest BCUT2D eigenvalue weighted by Crippen LogP contribution is -2.22. The molecule has 1 aromatic carbocycles. The Bertz CT molecular complexity index is 825. The Balaban J connectivity index is 2.09. The maximum absolute atomic E-state index is 12.4. The molecular formula is C20H22Cl2N2O3. The number of halogens is 2. The summed E-state index contributed by atoms with van der Waals surface area (Å²) in [5, 5.41) is 3.13. The number of aromatic nitrogens is 1. The molecule has 144 valence electrons. The Hall–Kier alpha value is -2.11. The van der Waals surface area contributed by atoms with Gasteiger partial charge < -0.3 is 10.1 Å². The maximum Gasteiger partial charge on any atom is 0.340 e. The van der Waals surface area contributed by atoms with Crippen molar-refractivity contribution >= 4 is 40.8 Å². The van der Waals surface area contributed by atoms with Gasteiger partial charge in [0, 0.05) is 11.9 Å². The molecule has 0 spiro atoms. The summed E-state index contributed by atoms with van der Waals surface area (Å²) in [6.07, 6.45) is 1.25. The molecule has 2 aromatic rings. The molecule has 7 heteroatoms. The molecule has 27 heavy (non-hydrogen) atoms. The Morgan fingerprint density at radius 1 is 1.11 bits per heavy atom. The fourth-order valence-corrected chi connectivity index (χ4v) is 2.89. The highest BCUT2D eigenvalue weighted by Crippen LogP contribution is 2.32. The van der Waals surface area contributed by atoms with E-state index in [1.165, 1.54) is 12.3 Å². The first-order chi connectivity index (χ1) is 12.7. The van der Waals surface area contributed by atoms with E-state index in [0.717, 1.165) is 16.8 Å². The van der Waals surface area contributed by atoms with Gasteiger partial charge in [0.05, 0.1) is 10.6 Å². The van der Waals surface area contributed by atoms with E-state index in [4.69, 9.17) is 27.9 Å². The first-order valence-electron chi connectivity index (χ1n) is 8.61. The number of nitrogens with one attached hydrogen (secondary N) is 1. The summed E-state index contributed by atoms with van der Waals surface area (Å²) < 4.78 is 5.06. The van der Waals surface area contributed by atoms with Crippen molar-refractivity contribution in [1.82, 2.24) is 4.98 Å². The standard InChI is InChI=1S/C20H22Cl2N2O3/c1-11(2)14-6-5-7-15(12(3)4)18(14)24-17(25)10-27-20(26)13-8-16(21)19(22)23-9-13/h5-9,11-12H,10H2,1-4H3,(H,24,25). The van der Waals surface area contributed by atoms with Crippen LogP contribution in [0.25, 0.3) is 0 Å². The number of esters is 1. The summed E-state index contributed by atoms with van der Waals surface area (Å²) in [6.45, 7) is 7.83. The van der Waals surface area contributed by atoms with Crippen LogP contribution in [0.2, 0.25) is 10.2 Å². The number of carbonyl (C=O) groups is 2. The molecule has 0 bridgehead atoms. The number of carbonyl (C=O) groups excluding carboxylic acids is 2. The minimum absolute atomic E-state index is 0.0949. The number of pyridine rings is 1. The fraction of sp³-hybridized carbons (Fsp3) is 0.350. The van der Waals surface area contributed by atoms with Gasteiger partial charge >= 0.3 is 5.97 Å². The Morgan fingerprint density at radius 2 is 1.70 bits per heavy atom. The Labute approximate surface area is 169 Å². The summed E-state index contributed by atoms with van der Waals surface area (Å²) in [6, 6.07) is 7.30. The van der Waals surface area contributed by atoms with Crippen LogP contribution < -0.4 is 5.32 Å². The number of hydrogen-bond acceptors (Lipinski definition) is 4.